The van der Waals surface area contributed by atoms with Gasteiger partial charge in [-0.2, -0.15) is 13.2 Å². The lowest BCUT2D eigenvalue weighted by molar-refractivity contribution is -0.137. The molecule has 1 fully saturated rings. The molecule has 1 saturated heterocycles. The molecule has 2 aromatic carbocycles. The highest BCUT2D eigenvalue weighted by molar-refractivity contribution is 6.31. The number of piperazine rings is 1. The first-order valence-corrected chi connectivity index (χ1v) is 10.1. The highest BCUT2D eigenvalue weighted by Gasteiger charge is 2.33. The summed E-state index contributed by atoms with van der Waals surface area (Å²) < 4.78 is 45.5. The number of ether oxygens (including phenoxy) is 1. The van der Waals surface area contributed by atoms with Crippen molar-refractivity contribution in [3.63, 3.8) is 0 Å². The summed E-state index contributed by atoms with van der Waals surface area (Å²) in [4.78, 5) is 6.81. The number of amidine groups is 1. The van der Waals surface area contributed by atoms with E-state index in [1.165, 1.54) is 12.1 Å². The Labute approximate surface area is 177 Å². The number of fused-ring (bicyclic) bond motifs is 2. The first kappa shape index (κ1) is 21.0. The van der Waals surface area contributed by atoms with Gasteiger partial charge in [0.25, 0.3) is 0 Å². The molecule has 2 aliphatic rings. The molecule has 0 radical (unpaired) electrons. The molecule has 0 aliphatic carbocycles. The number of methoxy groups -OCH3 is 1. The molecule has 2 N–H and O–H groups in total. The van der Waals surface area contributed by atoms with Crippen LogP contribution in [0.25, 0.3) is 0 Å². The molecule has 2 heterocycles. The lowest BCUT2D eigenvalue weighted by atomic mass is 10.0. The lowest BCUT2D eigenvalue weighted by Crippen LogP contribution is -2.53. The summed E-state index contributed by atoms with van der Waals surface area (Å²) in [5.41, 5.74) is 1.58. The maximum atomic E-state index is 13.4. The number of nitrogens with zero attached hydrogens (tertiary/aromatic N) is 2. The second-order valence-corrected chi connectivity index (χ2v) is 7.79. The minimum Gasteiger partial charge on any atom is -0.385 e. The van der Waals surface area contributed by atoms with Crippen LogP contribution in [0, 0.1) is 0 Å². The molecule has 2 aliphatic heterocycles. The third-order valence-electron chi connectivity index (χ3n) is 5.27. The molecular formula is C21H22ClF3N4O. The molecule has 0 amide bonds. The molecule has 0 bridgehead atoms. The fraction of sp³-hybridized carbons (Fsp3) is 0.381. The smallest absolute Gasteiger partial charge is 0.385 e. The molecule has 30 heavy (non-hydrogen) atoms. The van der Waals surface area contributed by atoms with E-state index in [1.54, 1.807) is 25.3 Å². The number of nitrogens with one attached hydrogen (secondary N) is 2. The minimum atomic E-state index is -4.44. The van der Waals surface area contributed by atoms with E-state index in [4.69, 9.17) is 21.3 Å². The van der Waals surface area contributed by atoms with Crippen molar-refractivity contribution in [1.29, 1.82) is 0 Å². The topological polar surface area (TPSA) is 48.9 Å². The molecular weight excluding hydrogens is 417 g/mol. The van der Waals surface area contributed by atoms with Gasteiger partial charge in [0.1, 0.15) is 5.84 Å². The van der Waals surface area contributed by atoms with Gasteiger partial charge in [-0.3, -0.25) is 0 Å². The Morgan fingerprint density at radius 2 is 2.00 bits per heavy atom. The van der Waals surface area contributed by atoms with E-state index in [2.05, 4.69) is 10.6 Å². The third kappa shape index (κ3) is 4.40. The summed E-state index contributed by atoms with van der Waals surface area (Å²) in [5.74, 6) is 0.508. The summed E-state index contributed by atoms with van der Waals surface area (Å²) in [6.45, 7) is 2.56. The Balaban J connectivity index is 1.79. The zero-order chi connectivity index (χ0) is 21.3. The van der Waals surface area contributed by atoms with Gasteiger partial charge >= 0.3 is 6.18 Å². The predicted molar refractivity (Wildman–Crippen MR) is 112 cm³/mol. The van der Waals surface area contributed by atoms with E-state index < -0.39 is 11.7 Å². The van der Waals surface area contributed by atoms with Gasteiger partial charge < -0.3 is 20.3 Å². The predicted octanol–water partition coefficient (Wildman–Crippen LogP) is 4.80. The Bertz CT molecular complexity index is 964. The van der Waals surface area contributed by atoms with Crippen molar-refractivity contribution < 1.29 is 17.9 Å². The number of aliphatic imine (C=N–C) groups is 1. The van der Waals surface area contributed by atoms with Crippen LogP contribution in [-0.2, 0) is 10.9 Å². The normalized spacial score (nSPS) is 18.8. The number of rotatable bonds is 3. The summed E-state index contributed by atoms with van der Waals surface area (Å²) in [6.07, 6.45) is -3.64. The molecule has 0 aromatic heterocycles. The van der Waals surface area contributed by atoms with Crippen molar-refractivity contribution in [2.75, 3.05) is 38.7 Å². The zero-order valence-corrected chi connectivity index (χ0v) is 17.1. The Hall–Kier alpha value is -2.29. The highest BCUT2D eigenvalue weighted by atomic mass is 35.5. The van der Waals surface area contributed by atoms with Gasteiger partial charge in [-0.05, 0) is 42.8 Å². The van der Waals surface area contributed by atoms with E-state index in [-0.39, 0.29) is 6.04 Å². The van der Waals surface area contributed by atoms with E-state index >= 15 is 0 Å². The molecule has 4 rings (SSSR count). The molecule has 1 atom stereocenters. The van der Waals surface area contributed by atoms with Crippen molar-refractivity contribution in [2.45, 2.75) is 18.6 Å². The molecule has 5 nitrogen and oxygen atoms in total. The van der Waals surface area contributed by atoms with Crippen LogP contribution in [-0.4, -0.2) is 50.1 Å². The number of alkyl halides is 3. The van der Waals surface area contributed by atoms with Gasteiger partial charge in [0, 0.05) is 55.7 Å². The van der Waals surface area contributed by atoms with Gasteiger partial charge in [-0.25, -0.2) is 4.99 Å². The van der Waals surface area contributed by atoms with E-state index in [1.807, 2.05) is 4.90 Å². The summed E-state index contributed by atoms with van der Waals surface area (Å²) in [6, 6.07) is 9.09. The van der Waals surface area contributed by atoms with Crippen LogP contribution in [0.3, 0.4) is 0 Å². The number of hydrogen-bond donors (Lipinski definition) is 2. The Morgan fingerprint density at radius 3 is 2.77 bits per heavy atom. The monoisotopic (exact) mass is 438 g/mol. The fourth-order valence-corrected chi connectivity index (χ4v) is 3.92. The van der Waals surface area contributed by atoms with E-state index in [9.17, 15) is 13.2 Å². The molecule has 160 valence electrons. The maximum absolute atomic E-state index is 13.4. The fourth-order valence-electron chi connectivity index (χ4n) is 3.75. The molecule has 9 heteroatoms. The number of hydrogen-bond acceptors (Lipinski definition) is 5. The largest absolute Gasteiger partial charge is 0.416 e. The number of benzene rings is 2. The average molecular weight is 439 g/mol. The SMILES string of the molecule is COCC[C@H]1CN(C2=Nc3cc(Cl)ccc3Nc3ccc(C(F)(F)F)cc32)CCN1. The number of anilines is 2. The van der Waals surface area contributed by atoms with Gasteiger partial charge in [0.15, 0.2) is 0 Å². The Morgan fingerprint density at radius 1 is 1.20 bits per heavy atom. The van der Waals surface area contributed by atoms with E-state index in [0.29, 0.717) is 59.7 Å². The van der Waals surface area contributed by atoms with Crippen LogP contribution in [0.5, 0.6) is 0 Å². The van der Waals surface area contributed by atoms with Crippen LogP contribution < -0.4 is 10.6 Å². The lowest BCUT2D eigenvalue weighted by Gasteiger charge is -2.36. The van der Waals surface area contributed by atoms with Gasteiger partial charge in [0.2, 0.25) is 0 Å². The first-order chi connectivity index (χ1) is 14.3. The van der Waals surface area contributed by atoms with Crippen molar-refractivity contribution in [2.24, 2.45) is 4.99 Å². The van der Waals surface area contributed by atoms with Gasteiger partial charge in [-0.15, -0.1) is 0 Å². The summed E-state index contributed by atoms with van der Waals surface area (Å²) >= 11 is 6.16. The van der Waals surface area contributed by atoms with Crippen LogP contribution in [0.4, 0.5) is 30.2 Å². The highest BCUT2D eigenvalue weighted by Crippen LogP contribution is 2.39. The first-order valence-electron chi connectivity index (χ1n) is 9.69. The molecule has 0 spiro atoms. The van der Waals surface area contributed by atoms with Crippen molar-refractivity contribution in [1.82, 2.24) is 10.2 Å². The number of halogens is 4. The third-order valence-corrected chi connectivity index (χ3v) is 5.50. The van der Waals surface area contributed by atoms with Crippen molar-refractivity contribution >= 4 is 34.5 Å². The maximum Gasteiger partial charge on any atom is 0.416 e. The second kappa shape index (κ2) is 8.45. The quantitative estimate of drug-likeness (QED) is 0.722. The molecule has 0 unspecified atom stereocenters. The summed E-state index contributed by atoms with van der Waals surface area (Å²) in [5, 5.41) is 7.17. The van der Waals surface area contributed by atoms with Crippen molar-refractivity contribution in [3.05, 3.63) is 52.5 Å². The van der Waals surface area contributed by atoms with Gasteiger partial charge in [-0.1, -0.05) is 11.6 Å². The van der Waals surface area contributed by atoms with Crippen molar-refractivity contribution in [3.8, 4) is 0 Å². The molecule has 0 saturated carbocycles. The minimum absolute atomic E-state index is 0.158. The average Bonchev–Trinajstić information content (AvgIpc) is 2.87. The zero-order valence-electron chi connectivity index (χ0n) is 16.4. The second-order valence-electron chi connectivity index (χ2n) is 7.36. The summed E-state index contributed by atoms with van der Waals surface area (Å²) in [7, 11) is 1.65. The van der Waals surface area contributed by atoms with Crippen LogP contribution in [0.15, 0.2) is 41.4 Å². The molecule has 2 aromatic rings. The van der Waals surface area contributed by atoms with Crippen LogP contribution in [0.2, 0.25) is 5.02 Å². The van der Waals surface area contributed by atoms with Crippen LogP contribution >= 0.6 is 11.6 Å². The standard InChI is InChI=1S/C21H22ClF3N4O/c1-30-9-6-15-12-29(8-7-26-15)20-16-10-13(21(23,24)25)2-4-17(16)27-18-5-3-14(22)11-19(18)28-20/h2-5,10-11,15,26-27H,6-9,12H2,1H3/t15-/m0/s1. The van der Waals surface area contributed by atoms with Crippen LogP contribution in [0.1, 0.15) is 17.5 Å². The van der Waals surface area contributed by atoms with Gasteiger partial charge in [0.05, 0.1) is 16.9 Å². The van der Waals surface area contributed by atoms with E-state index in [0.717, 1.165) is 12.5 Å². The Kier molecular flexibility index (Phi) is 5.90.